The Morgan fingerprint density at radius 2 is 2.23 bits per heavy atom. The zero-order valence-electron chi connectivity index (χ0n) is 8.07. The molecular formula is C9H14N2O2. The molecule has 0 bridgehead atoms. The number of nitrogens with zero attached hydrogens (tertiary/aromatic N) is 1. The summed E-state index contributed by atoms with van der Waals surface area (Å²) in [6.45, 7) is 3.61. The summed E-state index contributed by atoms with van der Waals surface area (Å²) < 4.78 is 5.31. The molecule has 1 unspecified atom stereocenters. The molecule has 1 rings (SSSR count). The van der Waals surface area contributed by atoms with E-state index < -0.39 is 0 Å². The Balaban J connectivity index is 2.79. The molecule has 0 aliphatic rings. The molecule has 0 radical (unpaired) electrons. The Morgan fingerprint density at radius 1 is 1.62 bits per heavy atom. The zero-order valence-corrected chi connectivity index (χ0v) is 8.07. The van der Waals surface area contributed by atoms with Crippen LogP contribution in [0.25, 0.3) is 0 Å². The maximum absolute atomic E-state index is 11.4. The van der Waals surface area contributed by atoms with Crippen LogP contribution in [0.3, 0.4) is 0 Å². The van der Waals surface area contributed by atoms with Crippen LogP contribution in [0.15, 0.2) is 16.5 Å². The maximum atomic E-state index is 11.4. The summed E-state index contributed by atoms with van der Waals surface area (Å²) in [5.74, 6) is 6.30. The number of hydrogen-bond donors (Lipinski definition) is 1. The van der Waals surface area contributed by atoms with E-state index in [0.29, 0.717) is 5.76 Å². The zero-order chi connectivity index (χ0) is 10.0. The Hall–Kier alpha value is -1.29. The maximum Gasteiger partial charge on any atom is 0.246 e. The SMILES string of the molecule is Cc1ccc(C(C)C(=O)N(C)N)o1. The van der Waals surface area contributed by atoms with Crippen LogP contribution in [-0.2, 0) is 4.79 Å². The van der Waals surface area contributed by atoms with Crippen LogP contribution < -0.4 is 5.84 Å². The molecule has 2 N–H and O–H groups in total. The lowest BCUT2D eigenvalue weighted by atomic mass is 10.1. The second-order valence-electron chi connectivity index (χ2n) is 3.12. The Bertz CT molecular complexity index is 304. The average Bonchev–Trinajstić information content (AvgIpc) is 2.49. The van der Waals surface area contributed by atoms with Crippen molar-refractivity contribution in [2.75, 3.05) is 7.05 Å². The van der Waals surface area contributed by atoms with Crippen molar-refractivity contribution in [2.24, 2.45) is 5.84 Å². The van der Waals surface area contributed by atoms with Crippen LogP contribution in [-0.4, -0.2) is 18.0 Å². The molecule has 72 valence electrons. The molecular weight excluding hydrogens is 168 g/mol. The van der Waals surface area contributed by atoms with Crippen molar-refractivity contribution < 1.29 is 9.21 Å². The van der Waals surface area contributed by atoms with Gasteiger partial charge in [-0.25, -0.2) is 5.84 Å². The molecule has 1 heterocycles. The summed E-state index contributed by atoms with van der Waals surface area (Å²) in [5.41, 5.74) is 0. The molecule has 0 saturated carbocycles. The first-order valence-corrected chi connectivity index (χ1v) is 4.11. The third-order valence-electron chi connectivity index (χ3n) is 1.91. The number of nitrogens with two attached hydrogens (primary N) is 1. The Morgan fingerprint density at radius 3 is 2.62 bits per heavy atom. The lowest BCUT2D eigenvalue weighted by Gasteiger charge is -2.14. The van der Waals surface area contributed by atoms with Gasteiger partial charge in [-0.2, -0.15) is 0 Å². The van der Waals surface area contributed by atoms with Gasteiger partial charge >= 0.3 is 0 Å². The predicted molar refractivity (Wildman–Crippen MR) is 48.8 cm³/mol. The van der Waals surface area contributed by atoms with Crippen molar-refractivity contribution in [3.63, 3.8) is 0 Å². The fourth-order valence-corrected chi connectivity index (χ4v) is 1.11. The number of hydrazine groups is 1. The second-order valence-corrected chi connectivity index (χ2v) is 3.12. The highest BCUT2D eigenvalue weighted by atomic mass is 16.3. The van der Waals surface area contributed by atoms with Gasteiger partial charge in [0, 0.05) is 7.05 Å². The molecule has 1 aromatic heterocycles. The molecule has 0 fully saturated rings. The van der Waals surface area contributed by atoms with Gasteiger partial charge in [0.2, 0.25) is 5.91 Å². The lowest BCUT2D eigenvalue weighted by Crippen LogP contribution is -2.36. The highest BCUT2D eigenvalue weighted by Gasteiger charge is 2.20. The molecule has 4 nitrogen and oxygen atoms in total. The van der Waals surface area contributed by atoms with Gasteiger partial charge in [0.05, 0.1) is 5.92 Å². The fraction of sp³-hybridized carbons (Fsp3) is 0.444. The van der Waals surface area contributed by atoms with Crippen molar-refractivity contribution in [3.8, 4) is 0 Å². The van der Waals surface area contributed by atoms with Gasteiger partial charge < -0.3 is 4.42 Å². The minimum absolute atomic E-state index is 0.158. The minimum Gasteiger partial charge on any atom is -0.466 e. The monoisotopic (exact) mass is 182 g/mol. The smallest absolute Gasteiger partial charge is 0.246 e. The molecule has 1 amide bonds. The first-order chi connectivity index (χ1) is 6.02. The van der Waals surface area contributed by atoms with Gasteiger partial charge in [-0.05, 0) is 26.0 Å². The summed E-state index contributed by atoms with van der Waals surface area (Å²) in [6.07, 6.45) is 0. The third-order valence-corrected chi connectivity index (χ3v) is 1.91. The first-order valence-electron chi connectivity index (χ1n) is 4.11. The Kier molecular flexibility index (Phi) is 2.72. The molecule has 13 heavy (non-hydrogen) atoms. The number of amides is 1. The van der Waals surface area contributed by atoms with Crippen LogP contribution in [0.4, 0.5) is 0 Å². The second kappa shape index (κ2) is 3.62. The average molecular weight is 182 g/mol. The molecule has 0 aliphatic carbocycles. The normalized spacial score (nSPS) is 12.6. The topological polar surface area (TPSA) is 59.5 Å². The molecule has 0 spiro atoms. The van der Waals surface area contributed by atoms with Gasteiger partial charge in [-0.1, -0.05) is 0 Å². The number of carbonyl (C=O) groups is 1. The van der Waals surface area contributed by atoms with Crippen LogP contribution in [0.2, 0.25) is 0 Å². The van der Waals surface area contributed by atoms with E-state index in [1.807, 2.05) is 13.0 Å². The Labute approximate surface area is 77.3 Å². The van der Waals surface area contributed by atoms with E-state index in [1.54, 1.807) is 13.0 Å². The molecule has 0 aliphatic heterocycles. The summed E-state index contributed by atoms with van der Waals surface area (Å²) in [4.78, 5) is 11.4. The number of carbonyl (C=O) groups excluding carboxylic acids is 1. The number of hydrogen-bond acceptors (Lipinski definition) is 3. The van der Waals surface area contributed by atoms with E-state index in [0.717, 1.165) is 10.8 Å². The summed E-state index contributed by atoms with van der Waals surface area (Å²) in [6, 6.07) is 3.62. The van der Waals surface area contributed by atoms with Crippen LogP contribution >= 0.6 is 0 Å². The van der Waals surface area contributed by atoms with E-state index in [-0.39, 0.29) is 11.8 Å². The predicted octanol–water partition coefficient (Wildman–Crippen LogP) is 1.02. The van der Waals surface area contributed by atoms with Crippen molar-refractivity contribution in [3.05, 3.63) is 23.7 Å². The van der Waals surface area contributed by atoms with E-state index in [2.05, 4.69) is 0 Å². The number of rotatable bonds is 2. The van der Waals surface area contributed by atoms with Gasteiger partial charge in [-0.15, -0.1) is 0 Å². The van der Waals surface area contributed by atoms with Crippen LogP contribution in [0.5, 0.6) is 0 Å². The van der Waals surface area contributed by atoms with E-state index in [4.69, 9.17) is 10.3 Å². The van der Waals surface area contributed by atoms with E-state index >= 15 is 0 Å². The van der Waals surface area contributed by atoms with Crippen molar-refractivity contribution in [1.29, 1.82) is 0 Å². The quantitative estimate of drug-likeness (QED) is 0.422. The van der Waals surface area contributed by atoms with Gasteiger partial charge in [-0.3, -0.25) is 9.80 Å². The fourth-order valence-electron chi connectivity index (χ4n) is 1.11. The van der Waals surface area contributed by atoms with Crippen molar-refractivity contribution >= 4 is 5.91 Å². The highest BCUT2D eigenvalue weighted by molar-refractivity contribution is 5.81. The number of furan rings is 1. The minimum atomic E-state index is -0.316. The van der Waals surface area contributed by atoms with E-state index in [9.17, 15) is 4.79 Å². The van der Waals surface area contributed by atoms with Gasteiger partial charge in [0.25, 0.3) is 0 Å². The summed E-state index contributed by atoms with van der Waals surface area (Å²) in [7, 11) is 1.52. The van der Waals surface area contributed by atoms with E-state index in [1.165, 1.54) is 7.05 Å². The van der Waals surface area contributed by atoms with Gasteiger partial charge in [0.1, 0.15) is 11.5 Å². The molecule has 1 aromatic rings. The van der Waals surface area contributed by atoms with Crippen molar-refractivity contribution in [1.82, 2.24) is 5.01 Å². The molecule has 0 aromatic carbocycles. The molecule has 0 saturated heterocycles. The summed E-state index contributed by atoms with van der Waals surface area (Å²) in [5, 5.41) is 1.07. The molecule has 4 heteroatoms. The third kappa shape index (κ3) is 2.09. The van der Waals surface area contributed by atoms with Crippen LogP contribution in [0, 0.1) is 6.92 Å². The van der Waals surface area contributed by atoms with Gasteiger partial charge in [0.15, 0.2) is 0 Å². The first kappa shape index (κ1) is 9.80. The highest BCUT2D eigenvalue weighted by Crippen LogP contribution is 2.18. The van der Waals surface area contributed by atoms with Crippen molar-refractivity contribution in [2.45, 2.75) is 19.8 Å². The number of likely N-dealkylation sites (N-methyl/N-ethyl adjacent to an activating group) is 1. The molecule has 1 atom stereocenters. The summed E-state index contributed by atoms with van der Waals surface area (Å²) >= 11 is 0. The van der Waals surface area contributed by atoms with Crippen LogP contribution in [0.1, 0.15) is 24.4 Å². The standard InChI is InChI=1S/C9H14N2O2/c1-6-4-5-8(13-6)7(2)9(12)11(3)10/h4-5,7H,10H2,1-3H3. The largest absolute Gasteiger partial charge is 0.466 e. The lowest BCUT2D eigenvalue weighted by molar-refractivity contribution is -0.131. The number of aryl methyl sites for hydroxylation is 1.